The van der Waals surface area contributed by atoms with Gasteiger partial charge in [0.2, 0.25) is 5.91 Å². The fourth-order valence-electron chi connectivity index (χ4n) is 1.73. The Labute approximate surface area is 114 Å². The van der Waals surface area contributed by atoms with E-state index in [4.69, 9.17) is 23.2 Å². The van der Waals surface area contributed by atoms with E-state index in [0.717, 1.165) is 0 Å². The molecule has 0 bridgehead atoms. The number of hydrogen-bond donors (Lipinski definition) is 1. The van der Waals surface area contributed by atoms with Gasteiger partial charge in [-0.25, -0.2) is 4.98 Å². The van der Waals surface area contributed by atoms with Crippen LogP contribution in [-0.2, 0) is 4.79 Å². The summed E-state index contributed by atoms with van der Waals surface area (Å²) in [5, 5.41) is 3.13. The number of amides is 2. The zero-order valence-electron chi connectivity index (χ0n) is 9.45. The predicted octanol–water partition coefficient (Wildman–Crippen LogP) is 1.35. The maximum Gasteiger partial charge on any atom is 0.256 e. The van der Waals surface area contributed by atoms with Crippen LogP contribution in [0.2, 0.25) is 10.2 Å². The molecule has 0 aliphatic carbocycles. The Hall–Kier alpha value is -1.33. The molecule has 96 valence electrons. The highest BCUT2D eigenvalue weighted by atomic mass is 35.5. The number of carbonyl (C=O) groups excluding carboxylic acids is 2. The maximum atomic E-state index is 12.2. The maximum absolute atomic E-state index is 12.2. The lowest BCUT2D eigenvalue weighted by Crippen LogP contribution is -2.37. The van der Waals surface area contributed by atoms with E-state index in [-0.39, 0.29) is 34.1 Å². The molecular weight excluding hydrogens is 277 g/mol. The highest BCUT2D eigenvalue weighted by molar-refractivity contribution is 6.35. The first-order valence-corrected chi connectivity index (χ1v) is 6.20. The molecule has 18 heavy (non-hydrogen) atoms. The Morgan fingerprint density at radius 1 is 1.44 bits per heavy atom. The van der Waals surface area contributed by atoms with Crippen molar-refractivity contribution in [2.75, 3.05) is 19.6 Å². The minimum Gasteiger partial charge on any atom is -0.354 e. The molecule has 0 radical (unpaired) electrons. The van der Waals surface area contributed by atoms with Crippen LogP contribution in [0.5, 0.6) is 0 Å². The largest absolute Gasteiger partial charge is 0.354 e. The molecule has 0 spiro atoms. The second-order valence-electron chi connectivity index (χ2n) is 3.92. The number of pyridine rings is 1. The van der Waals surface area contributed by atoms with E-state index in [1.165, 1.54) is 17.2 Å². The van der Waals surface area contributed by atoms with Crippen LogP contribution in [0.1, 0.15) is 16.8 Å². The highest BCUT2D eigenvalue weighted by Gasteiger charge is 2.23. The molecule has 1 fully saturated rings. The molecule has 1 N–H and O–H groups in total. The van der Waals surface area contributed by atoms with E-state index >= 15 is 0 Å². The molecule has 1 aromatic rings. The van der Waals surface area contributed by atoms with Crippen LogP contribution >= 0.6 is 23.2 Å². The number of nitrogens with one attached hydrogen (secondary N) is 1. The van der Waals surface area contributed by atoms with Crippen molar-refractivity contribution in [1.82, 2.24) is 15.2 Å². The lowest BCUT2D eigenvalue weighted by atomic mass is 10.2. The van der Waals surface area contributed by atoms with Gasteiger partial charge in [-0.1, -0.05) is 23.2 Å². The quantitative estimate of drug-likeness (QED) is 0.793. The minimum atomic E-state index is -0.304. The van der Waals surface area contributed by atoms with E-state index in [0.29, 0.717) is 19.5 Å². The average Bonchev–Trinajstić information content (AvgIpc) is 2.56. The predicted molar refractivity (Wildman–Crippen MR) is 67.8 cm³/mol. The van der Waals surface area contributed by atoms with E-state index in [1.807, 2.05) is 0 Å². The van der Waals surface area contributed by atoms with E-state index in [2.05, 4.69) is 10.3 Å². The topological polar surface area (TPSA) is 62.3 Å². The first-order valence-electron chi connectivity index (χ1n) is 5.45. The molecule has 2 heterocycles. The summed E-state index contributed by atoms with van der Waals surface area (Å²) in [6, 6.07) is 1.41. The first kappa shape index (κ1) is 13.1. The van der Waals surface area contributed by atoms with Crippen LogP contribution in [0.4, 0.5) is 0 Å². The second kappa shape index (κ2) is 5.54. The highest BCUT2D eigenvalue weighted by Crippen LogP contribution is 2.20. The average molecular weight is 288 g/mol. The van der Waals surface area contributed by atoms with Gasteiger partial charge in [-0.15, -0.1) is 0 Å². The molecule has 2 rings (SSSR count). The number of halogens is 2. The summed E-state index contributed by atoms with van der Waals surface area (Å²) in [5.41, 5.74) is 0.270. The molecule has 0 aromatic carbocycles. The minimum absolute atomic E-state index is 0.0368. The third-order valence-electron chi connectivity index (χ3n) is 2.60. The third kappa shape index (κ3) is 2.91. The van der Waals surface area contributed by atoms with Gasteiger partial charge >= 0.3 is 0 Å². The molecule has 1 saturated heterocycles. The molecule has 0 atom stereocenters. The van der Waals surface area contributed by atoms with Crippen LogP contribution in [0.15, 0.2) is 12.3 Å². The fourth-order valence-corrected chi connectivity index (χ4v) is 2.07. The molecular formula is C11H11Cl2N3O2. The summed E-state index contributed by atoms with van der Waals surface area (Å²) in [5.74, 6) is -0.474. The number of nitrogens with zero attached hydrogens (tertiary/aromatic N) is 2. The summed E-state index contributed by atoms with van der Waals surface area (Å²) in [6.07, 6.45) is 2.04. The van der Waals surface area contributed by atoms with Gasteiger partial charge in [0.1, 0.15) is 5.15 Å². The SMILES string of the molecule is O=C1CN(C(=O)c2cc(Cl)ncc2Cl)CCCN1. The van der Waals surface area contributed by atoms with Crippen molar-refractivity contribution in [1.29, 1.82) is 0 Å². The smallest absolute Gasteiger partial charge is 0.256 e. The second-order valence-corrected chi connectivity index (χ2v) is 4.71. The van der Waals surface area contributed by atoms with Crippen molar-refractivity contribution in [3.05, 3.63) is 28.0 Å². The van der Waals surface area contributed by atoms with E-state index < -0.39 is 0 Å². The Bertz CT molecular complexity index is 493. The number of aromatic nitrogens is 1. The van der Waals surface area contributed by atoms with Crippen LogP contribution in [0, 0.1) is 0 Å². The first-order chi connectivity index (χ1) is 8.58. The zero-order valence-corrected chi connectivity index (χ0v) is 11.0. The third-order valence-corrected chi connectivity index (χ3v) is 3.11. The molecule has 1 aliphatic rings. The Morgan fingerprint density at radius 2 is 2.22 bits per heavy atom. The molecule has 0 unspecified atom stereocenters. The van der Waals surface area contributed by atoms with Crippen LogP contribution in [-0.4, -0.2) is 41.3 Å². The number of carbonyl (C=O) groups is 2. The standard InChI is InChI=1S/C11H11Cl2N3O2/c12-8-5-15-9(13)4-7(8)11(18)16-3-1-2-14-10(17)6-16/h4-5H,1-3,6H2,(H,14,17). The molecule has 0 saturated carbocycles. The summed E-state index contributed by atoms with van der Waals surface area (Å²) in [6.45, 7) is 1.12. The lowest BCUT2D eigenvalue weighted by Gasteiger charge is -2.19. The monoisotopic (exact) mass is 287 g/mol. The van der Waals surface area contributed by atoms with Crippen molar-refractivity contribution in [2.24, 2.45) is 0 Å². The van der Waals surface area contributed by atoms with Gasteiger partial charge in [0.15, 0.2) is 0 Å². The summed E-state index contributed by atoms with van der Waals surface area (Å²) < 4.78 is 0. The summed E-state index contributed by atoms with van der Waals surface area (Å²) in [7, 11) is 0. The molecule has 2 amide bonds. The van der Waals surface area contributed by atoms with Crippen molar-refractivity contribution in [2.45, 2.75) is 6.42 Å². The van der Waals surface area contributed by atoms with Gasteiger partial charge in [-0.3, -0.25) is 9.59 Å². The fraction of sp³-hybridized carbons (Fsp3) is 0.364. The molecule has 7 heteroatoms. The van der Waals surface area contributed by atoms with Crippen molar-refractivity contribution in [3.63, 3.8) is 0 Å². The Morgan fingerprint density at radius 3 is 3.00 bits per heavy atom. The van der Waals surface area contributed by atoms with Crippen LogP contribution < -0.4 is 5.32 Å². The van der Waals surface area contributed by atoms with Gasteiger partial charge in [0, 0.05) is 19.3 Å². The van der Waals surface area contributed by atoms with Gasteiger partial charge in [-0.2, -0.15) is 0 Å². The van der Waals surface area contributed by atoms with Gasteiger partial charge in [-0.05, 0) is 12.5 Å². The van der Waals surface area contributed by atoms with Gasteiger partial charge in [0.05, 0.1) is 17.1 Å². The normalized spacial score (nSPS) is 16.1. The number of rotatable bonds is 1. The van der Waals surface area contributed by atoms with Crippen molar-refractivity contribution < 1.29 is 9.59 Å². The van der Waals surface area contributed by atoms with Crippen molar-refractivity contribution in [3.8, 4) is 0 Å². The molecule has 1 aliphatic heterocycles. The van der Waals surface area contributed by atoms with Gasteiger partial charge < -0.3 is 10.2 Å². The van der Waals surface area contributed by atoms with Gasteiger partial charge in [0.25, 0.3) is 5.91 Å². The lowest BCUT2D eigenvalue weighted by molar-refractivity contribution is -0.121. The number of hydrogen-bond acceptors (Lipinski definition) is 3. The zero-order chi connectivity index (χ0) is 13.1. The molecule has 5 nitrogen and oxygen atoms in total. The van der Waals surface area contributed by atoms with Crippen LogP contribution in [0.3, 0.4) is 0 Å². The Kier molecular flexibility index (Phi) is 4.04. The summed E-state index contributed by atoms with van der Waals surface area (Å²) in [4.78, 5) is 28.9. The van der Waals surface area contributed by atoms with Crippen LogP contribution in [0.25, 0.3) is 0 Å². The van der Waals surface area contributed by atoms with E-state index in [9.17, 15) is 9.59 Å². The van der Waals surface area contributed by atoms with E-state index in [1.54, 1.807) is 0 Å². The molecule has 1 aromatic heterocycles. The summed E-state index contributed by atoms with van der Waals surface area (Å²) >= 11 is 11.7. The Balaban J connectivity index is 2.24. The van der Waals surface area contributed by atoms with Crippen molar-refractivity contribution >= 4 is 35.0 Å².